The Morgan fingerprint density at radius 3 is 2.96 bits per heavy atom. The van der Waals surface area contributed by atoms with E-state index < -0.39 is 0 Å². The molecule has 1 amide bonds. The molecule has 0 spiro atoms. The fraction of sp³-hybridized carbons (Fsp3) is 0.812. The molecule has 1 aliphatic heterocycles. The maximum Gasteiger partial charge on any atom is 0.230 e. The summed E-state index contributed by atoms with van der Waals surface area (Å²) in [5, 5.41) is 15.5. The van der Waals surface area contributed by atoms with Crippen LogP contribution in [-0.2, 0) is 9.53 Å². The lowest BCUT2D eigenvalue weighted by Crippen LogP contribution is -2.41. The van der Waals surface area contributed by atoms with E-state index in [1.54, 1.807) is 0 Å². The first kappa shape index (κ1) is 17.9. The monoisotopic (exact) mass is 370 g/mol. The predicted molar refractivity (Wildman–Crippen MR) is 97.7 cm³/mol. The third-order valence-electron chi connectivity index (χ3n) is 4.70. The summed E-state index contributed by atoms with van der Waals surface area (Å²) in [6.45, 7) is 3.87. The van der Waals surface area contributed by atoms with Gasteiger partial charge in [-0.25, -0.2) is 0 Å². The quantitative estimate of drug-likeness (QED) is 0.719. The van der Waals surface area contributed by atoms with E-state index in [0.29, 0.717) is 17.7 Å². The molecule has 24 heavy (non-hydrogen) atoms. The Balaban J connectivity index is 1.37. The lowest BCUT2D eigenvalue weighted by atomic mass is 9.86. The molecule has 3 atom stereocenters. The summed E-state index contributed by atoms with van der Waals surface area (Å²) >= 11 is 2.96. The van der Waals surface area contributed by atoms with E-state index in [9.17, 15) is 4.79 Å². The van der Waals surface area contributed by atoms with Crippen molar-refractivity contribution in [2.24, 2.45) is 5.92 Å². The number of hydrogen-bond donors (Lipinski definition) is 2. The fourth-order valence-corrected chi connectivity index (χ4v) is 4.82. The van der Waals surface area contributed by atoms with Gasteiger partial charge in [0, 0.05) is 19.2 Å². The second kappa shape index (κ2) is 9.01. The number of hydrogen-bond acceptors (Lipinski definition) is 7. The lowest BCUT2D eigenvalue weighted by Gasteiger charge is -2.29. The minimum Gasteiger partial charge on any atom is -0.376 e. The van der Waals surface area contributed by atoms with Crippen molar-refractivity contribution in [3.8, 4) is 0 Å². The smallest absolute Gasteiger partial charge is 0.230 e. The molecule has 1 aromatic heterocycles. The molecule has 1 saturated carbocycles. The molecular weight excluding hydrogens is 344 g/mol. The fourth-order valence-electron chi connectivity index (χ4n) is 3.25. The molecule has 2 aliphatic rings. The van der Waals surface area contributed by atoms with Crippen molar-refractivity contribution in [3.05, 3.63) is 0 Å². The van der Waals surface area contributed by atoms with E-state index >= 15 is 0 Å². The average Bonchev–Trinajstić information content (AvgIpc) is 3.25. The van der Waals surface area contributed by atoms with Crippen LogP contribution in [0.5, 0.6) is 0 Å². The molecular formula is C16H26N4O2S2. The van der Waals surface area contributed by atoms with Crippen molar-refractivity contribution in [3.63, 3.8) is 0 Å². The molecule has 6 nitrogen and oxygen atoms in total. The minimum absolute atomic E-state index is 0.0998. The van der Waals surface area contributed by atoms with Crippen LogP contribution in [-0.4, -0.2) is 47.2 Å². The Hall–Kier alpha value is -0.860. The molecule has 0 radical (unpaired) electrons. The highest BCUT2D eigenvalue weighted by Crippen LogP contribution is 2.27. The average molecular weight is 371 g/mol. The Morgan fingerprint density at radius 1 is 1.29 bits per heavy atom. The molecule has 1 aliphatic carbocycles. The summed E-state index contributed by atoms with van der Waals surface area (Å²) in [5.74, 6) is 1.09. The van der Waals surface area contributed by atoms with Gasteiger partial charge in [-0.05, 0) is 31.6 Å². The van der Waals surface area contributed by atoms with Gasteiger partial charge in [-0.3, -0.25) is 4.79 Å². The standard InChI is InChI=1S/C16H26N4O2S2/c1-11-5-2-3-7-13(11)18-14(21)10-23-16-20-19-15(24-16)17-9-12-6-4-8-22-12/h11-13H,2-10H2,1H3,(H,17,19)(H,18,21)/t11-,12+,13-/m1/s1. The zero-order chi connectivity index (χ0) is 16.8. The Bertz CT molecular complexity index is 534. The number of carbonyl (C=O) groups excluding carboxylic acids is 1. The number of nitrogens with one attached hydrogen (secondary N) is 2. The van der Waals surface area contributed by atoms with Crippen molar-refractivity contribution in [2.45, 2.75) is 61.9 Å². The molecule has 3 rings (SSSR count). The van der Waals surface area contributed by atoms with Gasteiger partial charge in [0.05, 0.1) is 11.9 Å². The molecule has 0 unspecified atom stereocenters. The van der Waals surface area contributed by atoms with Gasteiger partial charge < -0.3 is 15.4 Å². The summed E-state index contributed by atoms with van der Waals surface area (Å²) in [7, 11) is 0. The third-order valence-corrected chi connectivity index (χ3v) is 6.71. The molecule has 1 aromatic rings. The Morgan fingerprint density at radius 2 is 2.17 bits per heavy atom. The maximum absolute atomic E-state index is 12.1. The van der Waals surface area contributed by atoms with Gasteiger partial charge in [-0.2, -0.15) is 0 Å². The highest BCUT2D eigenvalue weighted by molar-refractivity contribution is 8.01. The van der Waals surface area contributed by atoms with Gasteiger partial charge in [0.2, 0.25) is 11.0 Å². The number of amides is 1. The van der Waals surface area contributed by atoms with Gasteiger partial charge in [-0.15, -0.1) is 10.2 Å². The number of rotatable bonds is 7. The molecule has 1 saturated heterocycles. The van der Waals surface area contributed by atoms with E-state index in [-0.39, 0.29) is 12.0 Å². The minimum atomic E-state index is 0.0998. The van der Waals surface area contributed by atoms with E-state index in [1.807, 2.05) is 0 Å². The van der Waals surface area contributed by atoms with Crippen LogP contribution in [0.3, 0.4) is 0 Å². The Kier molecular flexibility index (Phi) is 6.74. The van der Waals surface area contributed by atoms with Crippen LogP contribution in [0, 0.1) is 5.92 Å². The van der Waals surface area contributed by atoms with Crippen LogP contribution >= 0.6 is 23.1 Å². The van der Waals surface area contributed by atoms with Gasteiger partial charge in [0.25, 0.3) is 0 Å². The third kappa shape index (κ3) is 5.32. The summed E-state index contributed by atoms with van der Waals surface area (Å²) in [6.07, 6.45) is 7.36. The molecule has 2 fully saturated rings. The maximum atomic E-state index is 12.1. The van der Waals surface area contributed by atoms with E-state index in [2.05, 4.69) is 27.8 Å². The predicted octanol–water partition coefficient (Wildman–Crippen LogP) is 2.92. The highest BCUT2D eigenvalue weighted by atomic mass is 32.2. The second-order valence-electron chi connectivity index (χ2n) is 6.61. The largest absolute Gasteiger partial charge is 0.376 e. The van der Waals surface area contributed by atoms with Crippen LogP contribution in [0.4, 0.5) is 5.13 Å². The first-order valence-electron chi connectivity index (χ1n) is 8.82. The molecule has 0 bridgehead atoms. The van der Waals surface area contributed by atoms with Crippen LogP contribution in [0.2, 0.25) is 0 Å². The number of nitrogens with zero attached hydrogens (tertiary/aromatic N) is 2. The molecule has 2 heterocycles. The number of aromatic nitrogens is 2. The second-order valence-corrected chi connectivity index (χ2v) is 8.81. The van der Waals surface area contributed by atoms with Crippen molar-refractivity contribution in [1.29, 1.82) is 0 Å². The first-order valence-corrected chi connectivity index (χ1v) is 10.6. The molecule has 134 valence electrons. The first-order chi connectivity index (χ1) is 11.7. The van der Waals surface area contributed by atoms with Crippen LogP contribution < -0.4 is 10.6 Å². The van der Waals surface area contributed by atoms with Crippen molar-refractivity contribution in [2.75, 3.05) is 24.2 Å². The highest BCUT2D eigenvalue weighted by Gasteiger charge is 2.23. The number of ether oxygens (including phenoxy) is 1. The van der Waals surface area contributed by atoms with Gasteiger partial charge in [0.15, 0.2) is 4.34 Å². The zero-order valence-corrected chi connectivity index (χ0v) is 15.8. The van der Waals surface area contributed by atoms with Gasteiger partial charge >= 0.3 is 0 Å². The summed E-state index contributed by atoms with van der Waals surface area (Å²) in [4.78, 5) is 12.1. The number of thioether (sulfide) groups is 1. The molecule has 0 aromatic carbocycles. The summed E-state index contributed by atoms with van der Waals surface area (Å²) < 4.78 is 6.41. The lowest BCUT2D eigenvalue weighted by molar-refractivity contribution is -0.119. The molecule has 2 N–H and O–H groups in total. The van der Waals surface area contributed by atoms with E-state index in [4.69, 9.17) is 4.74 Å². The van der Waals surface area contributed by atoms with E-state index in [1.165, 1.54) is 42.4 Å². The summed E-state index contributed by atoms with van der Waals surface area (Å²) in [6, 6.07) is 0.338. The van der Waals surface area contributed by atoms with Crippen LogP contribution in [0.15, 0.2) is 4.34 Å². The zero-order valence-electron chi connectivity index (χ0n) is 14.1. The topological polar surface area (TPSA) is 76.1 Å². The van der Waals surface area contributed by atoms with Crippen molar-refractivity contribution < 1.29 is 9.53 Å². The van der Waals surface area contributed by atoms with Crippen molar-refractivity contribution >= 4 is 34.1 Å². The normalized spacial score (nSPS) is 27.1. The molecule has 8 heteroatoms. The van der Waals surface area contributed by atoms with Crippen LogP contribution in [0.1, 0.15) is 45.4 Å². The van der Waals surface area contributed by atoms with E-state index in [0.717, 1.165) is 41.9 Å². The Labute approximate surface area is 151 Å². The van der Waals surface area contributed by atoms with Gasteiger partial charge in [0.1, 0.15) is 0 Å². The number of anilines is 1. The van der Waals surface area contributed by atoms with Gasteiger partial charge in [-0.1, -0.05) is 42.9 Å². The summed E-state index contributed by atoms with van der Waals surface area (Å²) in [5.41, 5.74) is 0. The van der Waals surface area contributed by atoms with Crippen molar-refractivity contribution in [1.82, 2.24) is 15.5 Å². The van der Waals surface area contributed by atoms with Crippen LogP contribution in [0.25, 0.3) is 0 Å². The SMILES string of the molecule is C[C@@H]1CCCC[C@H]1NC(=O)CSc1nnc(NC[C@@H]2CCCO2)s1. The number of carbonyl (C=O) groups is 1.